The van der Waals surface area contributed by atoms with Crippen LogP contribution in [0.25, 0.3) is 0 Å². The Morgan fingerprint density at radius 3 is 2.62 bits per heavy atom. The number of carbonyl (C=O) groups excluding carboxylic acids is 1. The first-order chi connectivity index (χ1) is 12.3. The molecule has 136 valence electrons. The molecule has 0 radical (unpaired) electrons. The number of amides is 1. The van der Waals surface area contributed by atoms with E-state index in [1.54, 1.807) is 23.1 Å². The van der Waals surface area contributed by atoms with Gasteiger partial charge in [-0.2, -0.15) is 0 Å². The second kappa shape index (κ2) is 6.13. The Balaban J connectivity index is 1.63. The van der Waals surface area contributed by atoms with Gasteiger partial charge in [-0.25, -0.2) is 8.42 Å². The van der Waals surface area contributed by atoms with Gasteiger partial charge in [-0.3, -0.25) is 9.52 Å². The third kappa shape index (κ3) is 2.88. The Labute approximate surface area is 154 Å². The van der Waals surface area contributed by atoms with Gasteiger partial charge in [0, 0.05) is 24.3 Å². The average molecular weight is 370 g/mol. The molecule has 0 saturated heterocycles. The van der Waals surface area contributed by atoms with Gasteiger partial charge in [0.1, 0.15) is 0 Å². The maximum Gasteiger partial charge on any atom is 0.261 e. The van der Waals surface area contributed by atoms with Gasteiger partial charge in [-0.1, -0.05) is 6.07 Å². The molecular weight excluding hydrogens is 348 g/mol. The fourth-order valence-corrected chi connectivity index (χ4v) is 5.20. The Morgan fingerprint density at radius 2 is 1.85 bits per heavy atom. The first kappa shape index (κ1) is 17.1. The number of carbonyl (C=O) groups is 1. The summed E-state index contributed by atoms with van der Waals surface area (Å²) >= 11 is 0. The fraction of sp³-hybridized carbons (Fsp3) is 0.350. The van der Waals surface area contributed by atoms with E-state index in [0.717, 1.165) is 30.5 Å². The molecule has 2 aliphatic rings. The number of sulfonamides is 1. The highest BCUT2D eigenvalue weighted by Crippen LogP contribution is 2.34. The lowest BCUT2D eigenvalue weighted by Crippen LogP contribution is -2.33. The van der Waals surface area contributed by atoms with Crippen LogP contribution in [-0.4, -0.2) is 20.4 Å². The van der Waals surface area contributed by atoms with Crippen LogP contribution in [0.1, 0.15) is 37.0 Å². The maximum atomic E-state index is 12.8. The van der Waals surface area contributed by atoms with E-state index in [2.05, 4.69) is 4.72 Å². The zero-order valence-corrected chi connectivity index (χ0v) is 15.8. The van der Waals surface area contributed by atoms with Crippen molar-refractivity contribution in [3.8, 4) is 0 Å². The summed E-state index contributed by atoms with van der Waals surface area (Å²) in [6, 6.07) is 10.8. The van der Waals surface area contributed by atoms with E-state index in [1.807, 2.05) is 25.1 Å². The number of hydrogen-bond acceptors (Lipinski definition) is 3. The first-order valence-electron chi connectivity index (χ1n) is 8.92. The summed E-state index contributed by atoms with van der Waals surface area (Å²) < 4.78 is 28.3. The van der Waals surface area contributed by atoms with Crippen LogP contribution in [0.2, 0.25) is 0 Å². The van der Waals surface area contributed by atoms with E-state index < -0.39 is 10.0 Å². The lowest BCUT2D eigenvalue weighted by atomic mass is 10.1. The minimum atomic E-state index is -3.66. The molecule has 0 fully saturated rings. The minimum absolute atomic E-state index is 0.0249. The van der Waals surface area contributed by atoms with Crippen LogP contribution in [0, 0.1) is 0 Å². The number of rotatable bonds is 3. The van der Waals surface area contributed by atoms with Crippen molar-refractivity contribution in [2.75, 3.05) is 9.62 Å². The highest BCUT2D eigenvalue weighted by atomic mass is 32.2. The van der Waals surface area contributed by atoms with Crippen molar-refractivity contribution >= 4 is 27.3 Å². The van der Waals surface area contributed by atoms with Gasteiger partial charge >= 0.3 is 0 Å². The monoisotopic (exact) mass is 370 g/mol. The summed E-state index contributed by atoms with van der Waals surface area (Å²) in [6.07, 6.45) is 3.86. The van der Waals surface area contributed by atoms with E-state index in [1.165, 1.54) is 18.1 Å². The normalized spacial score (nSPS) is 18.5. The number of aryl methyl sites for hydroxylation is 2. The summed E-state index contributed by atoms with van der Waals surface area (Å²) in [7, 11) is -3.66. The molecule has 2 aromatic carbocycles. The molecule has 1 unspecified atom stereocenters. The molecule has 1 amide bonds. The van der Waals surface area contributed by atoms with Crippen LogP contribution in [-0.2, 0) is 34.1 Å². The number of nitrogens with one attached hydrogen (secondary N) is 1. The predicted octanol–water partition coefficient (Wildman–Crippen LogP) is 3.27. The molecule has 1 atom stereocenters. The topological polar surface area (TPSA) is 66.5 Å². The largest absolute Gasteiger partial charge is 0.309 e. The number of fused-ring (bicyclic) bond motifs is 2. The third-order valence-electron chi connectivity index (χ3n) is 5.27. The van der Waals surface area contributed by atoms with Crippen molar-refractivity contribution in [3.63, 3.8) is 0 Å². The zero-order chi connectivity index (χ0) is 18.5. The molecule has 0 spiro atoms. The molecule has 1 aliphatic carbocycles. The molecular formula is C20H22N2O3S. The lowest BCUT2D eigenvalue weighted by molar-refractivity contribution is -0.116. The van der Waals surface area contributed by atoms with Gasteiger partial charge in [-0.05, 0) is 79.6 Å². The highest BCUT2D eigenvalue weighted by molar-refractivity contribution is 7.92. The van der Waals surface area contributed by atoms with Crippen molar-refractivity contribution < 1.29 is 13.2 Å². The summed E-state index contributed by atoms with van der Waals surface area (Å²) in [6.45, 7) is 3.50. The molecule has 1 heterocycles. The quantitative estimate of drug-likeness (QED) is 0.902. The van der Waals surface area contributed by atoms with E-state index >= 15 is 0 Å². The average Bonchev–Trinajstić information content (AvgIpc) is 3.15. The minimum Gasteiger partial charge on any atom is -0.309 e. The smallest absolute Gasteiger partial charge is 0.261 e. The second-order valence-electron chi connectivity index (χ2n) is 7.18. The van der Waals surface area contributed by atoms with Crippen LogP contribution in [0.3, 0.4) is 0 Å². The van der Waals surface area contributed by atoms with Gasteiger partial charge in [0.2, 0.25) is 5.91 Å². The maximum absolute atomic E-state index is 12.8. The summed E-state index contributed by atoms with van der Waals surface area (Å²) in [5.74, 6) is -0.0249. The van der Waals surface area contributed by atoms with Crippen LogP contribution < -0.4 is 9.62 Å². The van der Waals surface area contributed by atoms with Crippen molar-refractivity contribution in [3.05, 3.63) is 53.1 Å². The zero-order valence-electron chi connectivity index (χ0n) is 15.0. The van der Waals surface area contributed by atoms with Crippen LogP contribution in [0.4, 0.5) is 11.4 Å². The number of nitrogens with zero attached hydrogens (tertiary/aromatic N) is 1. The molecule has 0 aromatic heterocycles. The molecule has 5 nitrogen and oxygen atoms in total. The van der Waals surface area contributed by atoms with Gasteiger partial charge in [0.15, 0.2) is 0 Å². The highest BCUT2D eigenvalue weighted by Gasteiger charge is 2.30. The van der Waals surface area contributed by atoms with E-state index in [0.29, 0.717) is 12.1 Å². The molecule has 2 aromatic rings. The Bertz CT molecular complexity index is 998. The van der Waals surface area contributed by atoms with Crippen molar-refractivity contribution in [1.82, 2.24) is 0 Å². The molecule has 26 heavy (non-hydrogen) atoms. The Hall–Kier alpha value is -2.34. The van der Waals surface area contributed by atoms with Crippen molar-refractivity contribution in [1.29, 1.82) is 0 Å². The van der Waals surface area contributed by atoms with Gasteiger partial charge in [-0.15, -0.1) is 0 Å². The van der Waals surface area contributed by atoms with Gasteiger partial charge < -0.3 is 4.90 Å². The summed E-state index contributed by atoms with van der Waals surface area (Å²) in [4.78, 5) is 13.8. The SMILES string of the molecule is CC(=O)N1c2ccc(S(=O)(=O)Nc3ccc4c(c3)CCC4)cc2CC1C. The molecule has 4 rings (SSSR count). The Kier molecular flexibility index (Phi) is 4.03. The molecule has 1 aliphatic heterocycles. The van der Waals surface area contributed by atoms with Crippen molar-refractivity contribution in [2.24, 2.45) is 0 Å². The summed E-state index contributed by atoms with van der Waals surface area (Å²) in [5.41, 5.74) is 4.84. The first-order valence-corrected chi connectivity index (χ1v) is 10.4. The standard InChI is InChI=1S/C20H22N2O3S/c1-13-10-17-12-19(8-9-20(17)22(13)14(2)23)26(24,25)21-18-7-6-15-4-3-5-16(15)11-18/h6-9,11-13,21H,3-5,10H2,1-2H3. The van der Waals surface area contributed by atoms with E-state index in [9.17, 15) is 13.2 Å². The van der Waals surface area contributed by atoms with Crippen LogP contribution in [0.15, 0.2) is 41.3 Å². The number of anilines is 2. The van der Waals surface area contributed by atoms with Gasteiger partial charge in [0.25, 0.3) is 10.0 Å². The predicted molar refractivity (Wildman–Crippen MR) is 102 cm³/mol. The van der Waals surface area contributed by atoms with E-state index in [-0.39, 0.29) is 16.8 Å². The van der Waals surface area contributed by atoms with Crippen LogP contribution in [0.5, 0.6) is 0 Å². The Morgan fingerprint density at radius 1 is 1.08 bits per heavy atom. The van der Waals surface area contributed by atoms with Crippen LogP contribution >= 0.6 is 0 Å². The summed E-state index contributed by atoms with van der Waals surface area (Å²) in [5, 5.41) is 0. The third-order valence-corrected chi connectivity index (χ3v) is 6.65. The molecule has 1 N–H and O–H groups in total. The van der Waals surface area contributed by atoms with E-state index in [4.69, 9.17) is 0 Å². The van der Waals surface area contributed by atoms with Gasteiger partial charge in [0.05, 0.1) is 4.90 Å². The second-order valence-corrected chi connectivity index (χ2v) is 8.86. The molecule has 0 bridgehead atoms. The van der Waals surface area contributed by atoms with Crippen molar-refractivity contribution in [2.45, 2.75) is 50.5 Å². The number of hydrogen-bond donors (Lipinski definition) is 1. The molecule has 0 saturated carbocycles. The molecule has 6 heteroatoms. The number of benzene rings is 2. The lowest BCUT2D eigenvalue weighted by Gasteiger charge is -2.20. The fourth-order valence-electron chi connectivity index (χ4n) is 4.10.